The fourth-order valence-corrected chi connectivity index (χ4v) is 4.19. The molecule has 0 spiro atoms. The van der Waals surface area contributed by atoms with E-state index in [4.69, 9.17) is 4.74 Å². The van der Waals surface area contributed by atoms with Crippen molar-refractivity contribution in [1.29, 1.82) is 5.26 Å². The van der Waals surface area contributed by atoms with E-state index in [1.807, 2.05) is 17.3 Å². The molecule has 1 aromatic heterocycles. The molecule has 8 nitrogen and oxygen atoms in total. The Hall–Kier alpha value is -4.03. The highest BCUT2D eigenvalue weighted by atomic mass is 19.1. The zero-order valence-corrected chi connectivity index (χ0v) is 21.4. The van der Waals surface area contributed by atoms with Crippen molar-refractivity contribution in [1.82, 2.24) is 21.0 Å². The summed E-state index contributed by atoms with van der Waals surface area (Å²) in [6.45, 7) is 6.97. The van der Waals surface area contributed by atoms with Crippen LogP contribution >= 0.6 is 0 Å². The predicted octanol–water partition coefficient (Wildman–Crippen LogP) is 5.19. The van der Waals surface area contributed by atoms with Gasteiger partial charge in [0.05, 0.1) is 31.4 Å². The average Bonchev–Trinajstić information content (AvgIpc) is 3.62. The zero-order chi connectivity index (χ0) is 27.1. The number of halogens is 1. The Kier molecular flexibility index (Phi) is 6.18. The molecule has 1 unspecified atom stereocenters. The summed E-state index contributed by atoms with van der Waals surface area (Å²) in [4.78, 5) is 4.50. The first-order valence-electron chi connectivity index (χ1n) is 12.8. The first-order chi connectivity index (χ1) is 18.1. The molecular weight excluding hydrogens is 469 g/mol. The van der Waals surface area contributed by atoms with Crippen LogP contribution in [0, 0.1) is 22.6 Å². The van der Waals surface area contributed by atoms with Gasteiger partial charge in [0.2, 0.25) is 0 Å². The molecule has 1 aliphatic heterocycles. The molecule has 192 valence electrons. The Balaban J connectivity index is 1.62. The summed E-state index contributed by atoms with van der Waals surface area (Å²) >= 11 is 0. The Morgan fingerprint density at radius 1 is 1.30 bits per heavy atom. The van der Waals surface area contributed by atoms with Gasteiger partial charge in [-0.25, -0.2) is 4.39 Å². The number of nitrogens with one attached hydrogen (secondary N) is 4. The Bertz CT molecular complexity index is 1430. The van der Waals surface area contributed by atoms with Crippen LogP contribution in [0.15, 0.2) is 54.5 Å². The molecule has 1 aliphatic carbocycles. The molecule has 2 heterocycles. The monoisotopic (exact) mass is 502 g/mol. The fraction of sp³-hybridized carbons (Fsp3) is 0.357. The van der Waals surface area contributed by atoms with Gasteiger partial charge in [-0.05, 0) is 42.0 Å². The number of nitriles is 1. The van der Waals surface area contributed by atoms with Crippen molar-refractivity contribution in [3.8, 4) is 11.8 Å². The lowest BCUT2D eigenvalue weighted by Crippen LogP contribution is -2.38. The van der Waals surface area contributed by atoms with Gasteiger partial charge in [0.1, 0.15) is 23.2 Å². The van der Waals surface area contributed by atoms with Crippen molar-refractivity contribution in [3.63, 3.8) is 0 Å². The maximum Gasteiger partial charge on any atom is 0.147 e. The second kappa shape index (κ2) is 9.79. The minimum absolute atomic E-state index is 0.0256. The summed E-state index contributed by atoms with van der Waals surface area (Å²) in [5, 5.41) is 19.2. The van der Waals surface area contributed by atoms with Crippen LogP contribution in [0.25, 0.3) is 10.9 Å². The second-order valence-corrected chi connectivity index (χ2v) is 10.6. The number of hydrogen-bond acceptors (Lipinski definition) is 8. The maximum absolute atomic E-state index is 13.8. The van der Waals surface area contributed by atoms with E-state index in [9.17, 15) is 11.0 Å². The second-order valence-electron chi connectivity index (χ2n) is 10.6. The molecule has 0 radical (unpaired) electrons. The first-order valence-corrected chi connectivity index (χ1v) is 12.3. The van der Waals surface area contributed by atoms with E-state index in [0.29, 0.717) is 57.4 Å². The van der Waals surface area contributed by atoms with Gasteiger partial charge in [-0.1, -0.05) is 32.9 Å². The molecule has 5 rings (SSSR count). The Morgan fingerprint density at radius 2 is 2.05 bits per heavy atom. The number of rotatable bonds is 8. The number of benzene rings is 2. The number of ether oxygens (including phenoxy) is 1. The number of pyridine rings is 1. The van der Waals surface area contributed by atoms with Crippen LogP contribution < -0.4 is 26.3 Å². The third-order valence-electron chi connectivity index (χ3n) is 6.27. The number of hydrogen-bond donors (Lipinski definition) is 4. The molecular formula is C28H32FN7O. The Labute approximate surface area is 217 Å². The summed E-state index contributed by atoms with van der Waals surface area (Å²) in [5.41, 5.74) is 9.59. The highest BCUT2D eigenvalue weighted by Gasteiger charge is 2.32. The van der Waals surface area contributed by atoms with Crippen molar-refractivity contribution >= 4 is 22.3 Å². The normalized spacial score (nSPS) is 17.4. The van der Waals surface area contributed by atoms with Crippen LogP contribution in [0.1, 0.15) is 52.1 Å². The minimum atomic E-state index is -1.50. The van der Waals surface area contributed by atoms with Crippen molar-refractivity contribution in [2.24, 2.45) is 5.41 Å². The van der Waals surface area contributed by atoms with Gasteiger partial charge in [0.15, 0.2) is 0 Å². The summed E-state index contributed by atoms with van der Waals surface area (Å²) in [6.07, 6.45) is 5.58. The standard InChI is InChI=1S/C28H32FN7O/c1-28(2,3)16-32-25-18(13-30)14-31-27-22(25)11-20(12-24(27)37-4)33-26(17-5-7-19(29)8-6-17)23-15-36(35-34-23)21-9-10-21/h5-8,11-12,14-15,21,26,33-35H,9-10,16H2,1-4H3,(H,31,32)/i26D. The van der Waals surface area contributed by atoms with E-state index in [-0.39, 0.29) is 11.2 Å². The lowest BCUT2D eigenvalue weighted by atomic mass is 9.96. The molecule has 1 atom stereocenters. The molecule has 0 saturated heterocycles. The fourth-order valence-electron chi connectivity index (χ4n) is 4.19. The van der Waals surface area contributed by atoms with Gasteiger partial charge in [-0.3, -0.25) is 9.99 Å². The number of anilines is 2. The minimum Gasteiger partial charge on any atom is -0.494 e. The van der Waals surface area contributed by atoms with Crippen LogP contribution in [0.5, 0.6) is 5.75 Å². The molecule has 0 bridgehead atoms. The first kappa shape index (κ1) is 23.4. The third-order valence-corrected chi connectivity index (χ3v) is 6.27. The largest absolute Gasteiger partial charge is 0.494 e. The van der Waals surface area contributed by atoms with Gasteiger partial charge in [-0.2, -0.15) is 5.26 Å². The van der Waals surface area contributed by atoms with Gasteiger partial charge in [-0.15, -0.1) is 5.53 Å². The zero-order valence-electron chi connectivity index (χ0n) is 22.4. The number of nitrogens with zero attached hydrogens (tertiary/aromatic N) is 3. The van der Waals surface area contributed by atoms with Crippen molar-refractivity contribution in [2.45, 2.75) is 45.7 Å². The summed E-state index contributed by atoms with van der Waals surface area (Å²) in [5.74, 6) is 0.125. The van der Waals surface area contributed by atoms with Crippen LogP contribution in [0.2, 0.25) is 0 Å². The average molecular weight is 503 g/mol. The molecule has 3 aromatic rings. The van der Waals surface area contributed by atoms with E-state index in [0.717, 1.165) is 12.8 Å². The molecule has 2 aliphatic rings. The van der Waals surface area contributed by atoms with Crippen molar-refractivity contribution in [3.05, 3.63) is 71.4 Å². The van der Waals surface area contributed by atoms with Gasteiger partial charge in [0, 0.05) is 42.1 Å². The number of aromatic nitrogens is 1. The third kappa shape index (κ3) is 5.39. The molecule has 2 aromatic carbocycles. The topological polar surface area (TPSA) is 97.3 Å². The van der Waals surface area contributed by atoms with E-state index < -0.39 is 6.02 Å². The van der Waals surface area contributed by atoms with Crippen LogP contribution in [0.4, 0.5) is 15.8 Å². The van der Waals surface area contributed by atoms with Crippen LogP contribution in [-0.4, -0.2) is 29.7 Å². The van der Waals surface area contributed by atoms with Crippen molar-refractivity contribution < 1.29 is 10.5 Å². The van der Waals surface area contributed by atoms with E-state index in [1.165, 1.54) is 12.1 Å². The molecule has 4 N–H and O–H groups in total. The lowest BCUT2D eigenvalue weighted by molar-refractivity contribution is 0.260. The van der Waals surface area contributed by atoms with E-state index in [2.05, 4.69) is 53.4 Å². The molecule has 37 heavy (non-hydrogen) atoms. The summed E-state index contributed by atoms with van der Waals surface area (Å²) < 4.78 is 29.1. The highest BCUT2D eigenvalue weighted by molar-refractivity contribution is 5.99. The lowest BCUT2D eigenvalue weighted by Gasteiger charge is -2.24. The van der Waals surface area contributed by atoms with Gasteiger partial charge >= 0.3 is 0 Å². The van der Waals surface area contributed by atoms with Crippen LogP contribution in [-0.2, 0) is 0 Å². The molecule has 1 saturated carbocycles. The van der Waals surface area contributed by atoms with E-state index in [1.54, 1.807) is 31.5 Å². The predicted molar refractivity (Wildman–Crippen MR) is 143 cm³/mol. The van der Waals surface area contributed by atoms with Gasteiger partial charge in [0.25, 0.3) is 0 Å². The number of methoxy groups -OCH3 is 1. The SMILES string of the molecule is [2H]C(Nc1cc(OC)c2ncc(C#N)c(NCC(C)(C)C)c2c1)(C1=CN(C2CC2)NN1)c1ccc(F)cc1. The summed E-state index contributed by atoms with van der Waals surface area (Å²) in [6, 6.07) is 10.7. The van der Waals surface area contributed by atoms with Gasteiger partial charge < -0.3 is 20.8 Å². The maximum atomic E-state index is 13.8. The van der Waals surface area contributed by atoms with E-state index >= 15 is 0 Å². The highest BCUT2D eigenvalue weighted by Crippen LogP contribution is 2.38. The van der Waals surface area contributed by atoms with Crippen molar-refractivity contribution in [2.75, 3.05) is 24.3 Å². The number of fused-ring (bicyclic) bond motifs is 1. The number of hydrazine groups is 2. The summed E-state index contributed by atoms with van der Waals surface area (Å²) in [7, 11) is 1.56. The smallest absolute Gasteiger partial charge is 0.147 e. The molecule has 1 fully saturated rings. The molecule has 0 amide bonds. The Morgan fingerprint density at radius 3 is 2.70 bits per heavy atom. The quantitative estimate of drug-likeness (QED) is 0.334. The molecule has 9 heteroatoms. The van der Waals surface area contributed by atoms with Crippen LogP contribution in [0.3, 0.4) is 0 Å².